The predicted octanol–water partition coefficient (Wildman–Crippen LogP) is 4.07. The second-order valence-corrected chi connectivity index (χ2v) is 8.23. The minimum Gasteiger partial charge on any atom is -0.489 e. The molecule has 8 nitrogen and oxygen atoms in total. The highest BCUT2D eigenvalue weighted by molar-refractivity contribution is 7.92. The maximum Gasteiger partial charge on any atom is 0.416 e. The average Bonchev–Trinajstić information content (AvgIpc) is 3.18. The summed E-state index contributed by atoms with van der Waals surface area (Å²) >= 11 is 6.11. The van der Waals surface area contributed by atoms with Gasteiger partial charge in [0.15, 0.2) is 0 Å². The lowest BCUT2D eigenvalue weighted by atomic mass is 10.1. The van der Waals surface area contributed by atoms with Crippen LogP contribution in [-0.2, 0) is 16.2 Å². The van der Waals surface area contributed by atoms with Gasteiger partial charge in [0.05, 0.1) is 33.4 Å². The first kappa shape index (κ1) is 20.3. The maximum absolute atomic E-state index is 12.9. The number of anilines is 3. The van der Waals surface area contributed by atoms with Gasteiger partial charge in [-0.1, -0.05) is 16.7 Å². The fraction of sp³-hybridized carbons (Fsp3) is 0.176. The molecule has 0 saturated carbocycles. The van der Waals surface area contributed by atoms with E-state index in [1.807, 2.05) is 0 Å². The lowest BCUT2D eigenvalue weighted by molar-refractivity contribution is -0.137. The van der Waals surface area contributed by atoms with Crippen molar-refractivity contribution in [2.75, 3.05) is 22.8 Å². The smallest absolute Gasteiger partial charge is 0.416 e. The molecule has 0 radical (unpaired) electrons. The van der Waals surface area contributed by atoms with Crippen molar-refractivity contribution in [3.63, 3.8) is 0 Å². The van der Waals surface area contributed by atoms with E-state index in [0.717, 1.165) is 18.5 Å². The largest absolute Gasteiger partial charge is 0.489 e. The summed E-state index contributed by atoms with van der Waals surface area (Å²) in [5.74, 6) is 0.227. The summed E-state index contributed by atoms with van der Waals surface area (Å²) in [6.07, 6.45) is -3.54. The Kier molecular flexibility index (Phi) is 4.98. The Morgan fingerprint density at radius 1 is 1.13 bits per heavy atom. The van der Waals surface area contributed by atoms with Crippen molar-refractivity contribution in [2.45, 2.75) is 11.1 Å². The fourth-order valence-corrected chi connectivity index (χ4v) is 4.14. The molecule has 1 aliphatic rings. The molecule has 0 atom stereocenters. The number of benzene rings is 2. The van der Waals surface area contributed by atoms with E-state index in [2.05, 4.69) is 14.9 Å². The van der Waals surface area contributed by atoms with Gasteiger partial charge in [-0.3, -0.25) is 0 Å². The third kappa shape index (κ3) is 3.87. The standard InChI is InChI=1S/C17H12ClF3N4O4S/c18-12-7-10(17(19,20)21)1-3-13(12)25-5-6-28-15-8-11(2-4-14(15)25)30(26,27)24-16-23-22-9-29-16/h1-4,7-9H,5-6H2,(H,23,24). The zero-order valence-electron chi connectivity index (χ0n) is 14.9. The van der Waals surface area contributed by atoms with Gasteiger partial charge in [-0.15, -0.1) is 5.10 Å². The maximum atomic E-state index is 12.9. The molecule has 0 saturated heterocycles. The van der Waals surface area contributed by atoms with E-state index in [1.165, 1.54) is 24.3 Å². The molecule has 158 valence electrons. The van der Waals surface area contributed by atoms with E-state index in [0.29, 0.717) is 17.9 Å². The number of fused-ring (bicyclic) bond motifs is 1. The molecule has 2 heterocycles. The van der Waals surface area contributed by atoms with Gasteiger partial charge in [-0.05, 0) is 30.3 Å². The molecular formula is C17H12ClF3N4O4S. The van der Waals surface area contributed by atoms with E-state index in [9.17, 15) is 21.6 Å². The zero-order valence-corrected chi connectivity index (χ0v) is 16.4. The topological polar surface area (TPSA) is 97.6 Å². The number of sulfonamides is 1. The number of alkyl halides is 3. The van der Waals surface area contributed by atoms with E-state index in [4.69, 9.17) is 20.8 Å². The Morgan fingerprint density at radius 3 is 2.57 bits per heavy atom. The fourth-order valence-electron chi connectivity index (χ4n) is 2.91. The van der Waals surface area contributed by atoms with Gasteiger partial charge in [-0.2, -0.15) is 13.2 Å². The van der Waals surface area contributed by atoms with Crippen LogP contribution >= 0.6 is 11.6 Å². The van der Waals surface area contributed by atoms with E-state index in [-0.39, 0.29) is 28.3 Å². The van der Waals surface area contributed by atoms with Crippen LogP contribution in [0.25, 0.3) is 0 Å². The second kappa shape index (κ2) is 7.36. The third-order valence-electron chi connectivity index (χ3n) is 4.25. The molecule has 3 aromatic rings. The Morgan fingerprint density at radius 2 is 1.90 bits per heavy atom. The third-order valence-corrected chi connectivity index (χ3v) is 5.87. The highest BCUT2D eigenvalue weighted by Crippen LogP contribution is 2.42. The SMILES string of the molecule is O=S(=O)(Nc1nnco1)c1ccc2c(c1)OCCN2c1ccc(C(F)(F)F)cc1Cl. The van der Waals surface area contributed by atoms with Crippen molar-refractivity contribution in [1.82, 2.24) is 10.2 Å². The summed E-state index contributed by atoms with van der Waals surface area (Å²) in [7, 11) is -4.02. The Balaban J connectivity index is 1.67. The van der Waals surface area contributed by atoms with Crippen molar-refractivity contribution in [3.8, 4) is 5.75 Å². The molecule has 0 fully saturated rings. The van der Waals surface area contributed by atoms with Gasteiger partial charge < -0.3 is 14.1 Å². The molecule has 13 heteroatoms. The molecule has 1 aromatic heterocycles. The molecule has 1 aliphatic heterocycles. The molecule has 4 rings (SSSR count). The molecule has 0 amide bonds. The summed E-state index contributed by atoms with van der Waals surface area (Å²) in [4.78, 5) is 1.53. The van der Waals surface area contributed by atoms with Crippen molar-refractivity contribution < 1.29 is 30.7 Å². The van der Waals surface area contributed by atoms with Crippen LogP contribution in [0.2, 0.25) is 5.02 Å². The van der Waals surface area contributed by atoms with Crippen LogP contribution < -0.4 is 14.4 Å². The second-order valence-electron chi connectivity index (χ2n) is 6.14. The Labute approximate surface area is 173 Å². The van der Waals surface area contributed by atoms with E-state index >= 15 is 0 Å². The molecule has 30 heavy (non-hydrogen) atoms. The average molecular weight is 461 g/mol. The first-order valence-corrected chi connectivity index (χ1v) is 10.2. The minimum atomic E-state index is -4.51. The summed E-state index contributed by atoms with van der Waals surface area (Å²) in [5.41, 5.74) is -0.0632. The molecular weight excluding hydrogens is 449 g/mol. The summed E-state index contributed by atoms with van der Waals surface area (Å²) < 4.78 is 76.1. The van der Waals surface area contributed by atoms with Crippen LogP contribution in [0.1, 0.15) is 5.56 Å². The zero-order chi connectivity index (χ0) is 21.5. The number of nitrogens with zero attached hydrogens (tertiary/aromatic N) is 3. The number of ether oxygens (including phenoxy) is 1. The lowest BCUT2D eigenvalue weighted by Crippen LogP contribution is -2.29. The molecule has 0 unspecified atom stereocenters. The molecule has 2 aromatic carbocycles. The highest BCUT2D eigenvalue weighted by Gasteiger charge is 2.32. The first-order valence-electron chi connectivity index (χ1n) is 8.35. The quantitative estimate of drug-likeness (QED) is 0.626. The number of nitrogens with one attached hydrogen (secondary N) is 1. The minimum absolute atomic E-state index is 0.0903. The summed E-state index contributed by atoms with van der Waals surface area (Å²) in [6, 6.07) is 6.83. The van der Waals surface area contributed by atoms with Crippen molar-refractivity contribution in [2.24, 2.45) is 0 Å². The molecule has 1 N–H and O–H groups in total. The number of rotatable bonds is 4. The number of aromatic nitrogens is 2. The predicted molar refractivity (Wildman–Crippen MR) is 101 cm³/mol. The molecule has 0 aliphatic carbocycles. The Hall–Kier alpha value is -2.99. The van der Waals surface area contributed by atoms with Crippen LogP contribution in [0.5, 0.6) is 5.75 Å². The molecule has 0 bridgehead atoms. The first-order chi connectivity index (χ1) is 14.1. The normalized spacial score (nSPS) is 14.2. The van der Waals surface area contributed by atoms with Gasteiger partial charge in [0.25, 0.3) is 10.0 Å². The van der Waals surface area contributed by atoms with Crippen LogP contribution in [0.3, 0.4) is 0 Å². The van der Waals surface area contributed by atoms with Crippen LogP contribution in [0.4, 0.5) is 30.6 Å². The van der Waals surface area contributed by atoms with Gasteiger partial charge in [0.1, 0.15) is 12.4 Å². The van der Waals surface area contributed by atoms with E-state index < -0.39 is 21.8 Å². The van der Waals surface area contributed by atoms with Crippen molar-refractivity contribution in [1.29, 1.82) is 0 Å². The Bertz CT molecular complexity index is 1190. The monoisotopic (exact) mass is 460 g/mol. The summed E-state index contributed by atoms with van der Waals surface area (Å²) in [5, 5.41) is 6.75. The van der Waals surface area contributed by atoms with Crippen LogP contribution in [0.15, 0.2) is 52.1 Å². The van der Waals surface area contributed by atoms with Crippen molar-refractivity contribution in [3.05, 3.63) is 53.4 Å². The van der Waals surface area contributed by atoms with Gasteiger partial charge in [0, 0.05) is 6.07 Å². The van der Waals surface area contributed by atoms with Gasteiger partial charge in [0.2, 0.25) is 6.39 Å². The summed E-state index contributed by atoms with van der Waals surface area (Å²) in [6.45, 7) is 0.482. The van der Waals surface area contributed by atoms with Crippen molar-refractivity contribution >= 4 is 39.0 Å². The van der Waals surface area contributed by atoms with Gasteiger partial charge in [-0.25, -0.2) is 13.1 Å². The molecule has 0 spiro atoms. The number of halogens is 4. The number of hydrogen-bond acceptors (Lipinski definition) is 7. The number of hydrogen-bond donors (Lipinski definition) is 1. The highest BCUT2D eigenvalue weighted by atomic mass is 35.5. The van der Waals surface area contributed by atoms with Crippen LogP contribution in [-0.4, -0.2) is 31.8 Å². The van der Waals surface area contributed by atoms with Crippen LogP contribution in [0, 0.1) is 0 Å². The lowest BCUT2D eigenvalue weighted by Gasteiger charge is -2.32. The van der Waals surface area contributed by atoms with E-state index in [1.54, 1.807) is 4.90 Å². The van der Waals surface area contributed by atoms with Gasteiger partial charge >= 0.3 is 12.2 Å².